The van der Waals surface area contributed by atoms with Crippen molar-refractivity contribution in [3.8, 4) is 0 Å². The summed E-state index contributed by atoms with van der Waals surface area (Å²) in [6.07, 6.45) is 6.43. The summed E-state index contributed by atoms with van der Waals surface area (Å²) >= 11 is 37.0. The third-order valence-electron chi connectivity index (χ3n) is 19.9. The molecular formula is C79H77Cl6N15O16S6. The Morgan fingerprint density at radius 3 is 0.877 bits per heavy atom. The maximum Gasteiger partial charge on any atom is 0.333 e. The molecule has 6 aliphatic heterocycles. The summed E-state index contributed by atoms with van der Waals surface area (Å²) in [5.41, 5.74) is 7.63. The van der Waals surface area contributed by atoms with Gasteiger partial charge >= 0.3 is 18.1 Å². The van der Waals surface area contributed by atoms with Crippen LogP contribution in [0.1, 0.15) is 79.9 Å². The van der Waals surface area contributed by atoms with Crippen molar-refractivity contribution in [2.75, 3.05) is 138 Å². The number of benzene rings is 6. The Kier molecular flexibility index (Phi) is 29.6. The van der Waals surface area contributed by atoms with Crippen molar-refractivity contribution in [3.63, 3.8) is 0 Å². The van der Waals surface area contributed by atoms with E-state index in [0.29, 0.717) is 61.8 Å². The monoisotopic (exact) mass is 1890 g/mol. The zero-order valence-corrected chi connectivity index (χ0v) is 73.8. The van der Waals surface area contributed by atoms with Gasteiger partial charge in [0.15, 0.2) is 0 Å². The molecular weight excluding hydrogens is 1820 g/mol. The molecule has 31 nitrogen and oxygen atoms in total. The number of sulfonamides is 3. The van der Waals surface area contributed by atoms with Gasteiger partial charge in [0.1, 0.15) is 25.6 Å². The van der Waals surface area contributed by atoms with E-state index in [9.17, 15) is 68.4 Å². The van der Waals surface area contributed by atoms with Crippen molar-refractivity contribution in [1.82, 2.24) is 28.9 Å². The van der Waals surface area contributed by atoms with E-state index in [0.717, 1.165) is 164 Å². The number of amides is 12. The lowest BCUT2D eigenvalue weighted by molar-refractivity contribution is -0.118. The average Bonchev–Trinajstić information content (AvgIpc) is 1.22. The predicted molar refractivity (Wildman–Crippen MR) is 475 cm³/mol. The molecule has 0 aliphatic carbocycles. The quantitative estimate of drug-likeness (QED) is 0.0254. The van der Waals surface area contributed by atoms with Gasteiger partial charge in [0.05, 0.1) is 64.6 Å². The van der Waals surface area contributed by atoms with Crippen LogP contribution >= 0.6 is 104 Å². The molecule has 6 aliphatic rings. The highest BCUT2D eigenvalue weighted by molar-refractivity contribution is 7.93. The number of halogens is 6. The molecule has 9 aromatic rings. The number of hydrogen-bond donors (Lipinski definition) is 9. The number of anilines is 9. The number of ether oxygens (including phenoxy) is 1. The van der Waals surface area contributed by atoms with Crippen molar-refractivity contribution in [2.24, 2.45) is 0 Å². The number of piperidine rings is 1. The minimum atomic E-state index is -4.18. The van der Waals surface area contributed by atoms with Crippen LogP contribution in [-0.4, -0.2) is 185 Å². The summed E-state index contributed by atoms with van der Waals surface area (Å²) in [6.45, 7) is 12.8. The van der Waals surface area contributed by atoms with Gasteiger partial charge in [0.2, 0.25) is 17.7 Å². The first-order chi connectivity index (χ1) is 58.3. The maximum absolute atomic E-state index is 13.3. The number of carbonyl (C=O) groups is 9. The summed E-state index contributed by atoms with van der Waals surface area (Å²) < 4.78 is 85.1. The zero-order valence-electron chi connectivity index (χ0n) is 64.3. The minimum Gasteiger partial charge on any atom is -0.384 e. The molecule has 122 heavy (non-hydrogen) atoms. The van der Waals surface area contributed by atoms with Crippen molar-refractivity contribution in [1.29, 1.82) is 0 Å². The largest absolute Gasteiger partial charge is 0.384 e. The third kappa shape index (κ3) is 22.7. The lowest BCUT2D eigenvalue weighted by Crippen LogP contribution is -2.42. The molecule has 0 atom stereocenters. The number of rotatable bonds is 24. The van der Waals surface area contributed by atoms with Gasteiger partial charge in [-0.05, 0) is 214 Å². The van der Waals surface area contributed by atoms with Crippen LogP contribution in [0.15, 0.2) is 158 Å². The van der Waals surface area contributed by atoms with Crippen molar-refractivity contribution >= 4 is 238 Å². The molecule has 0 saturated carbocycles. The number of hydrogen-bond acceptors (Lipinski definition) is 25. The van der Waals surface area contributed by atoms with Gasteiger partial charge in [-0.25, -0.2) is 68.5 Å². The van der Waals surface area contributed by atoms with E-state index in [-0.39, 0.29) is 94.8 Å². The molecule has 0 spiro atoms. The molecule has 642 valence electrons. The topological polar surface area (TPSA) is 393 Å². The van der Waals surface area contributed by atoms with Crippen LogP contribution < -0.4 is 60.8 Å². The van der Waals surface area contributed by atoms with Crippen LogP contribution in [0, 0.1) is 0 Å². The fraction of sp³-hybridized carbons (Fsp3) is 0.278. The Morgan fingerprint density at radius 1 is 0.344 bits per heavy atom. The number of thiophene rings is 3. The van der Waals surface area contributed by atoms with Gasteiger partial charge in [-0.3, -0.25) is 33.7 Å². The predicted octanol–water partition coefficient (Wildman–Crippen LogP) is 14.0. The number of likely N-dealkylation sites (tertiary alicyclic amines) is 2. The van der Waals surface area contributed by atoms with E-state index < -0.39 is 65.9 Å². The first kappa shape index (κ1) is 90.2. The third-order valence-corrected chi connectivity index (χ3v) is 30.9. The van der Waals surface area contributed by atoms with Gasteiger partial charge in [-0.2, -0.15) is 0 Å². The normalized spacial score (nSPS) is 15.8. The van der Waals surface area contributed by atoms with Crippen molar-refractivity contribution in [2.45, 2.75) is 64.0 Å². The smallest absolute Gasteiger partial charge is 0.333 e. The molecule has 3 fully saturated rings. The number of carbonyl (C=O) groups excluding carboxylic acids is 9. The number of fused-ring (bicyclic) bond motifs is 3. The number of urea groups is 3. The molecule has 0 radical (unpaired) electrons. The van der Waals surface area contributed by atoms with Crippen LogP contribution in [0.25, 0.3) is 0 Å². The Morgan fingerprint density at radius 2 is 0.607 bits per heavy atom. The van der Waals surface area contributed by atoms with E-state index in [1.165, 1.54) is 105 Å². The Hall–Kier alpha value is -9.52. The van der Waals surface area contributed by atoms with Gasteiger partial charge in [0.25, 0.3) is 47.8 Å². The summed E-state index contributed by atoms with van der Waals surface area (Å²) in [5, 5.41) is 17.6. The molecule has 0 unspecified atom stereocenters. The van der Waals surface area contributed by atoms with Crippen molar-refractivity contribution < 1.29 is 73.1 Å². The van der Waals surface area contributed by atoms with Crippen LogP contribution in [0.2, 0.25) is 28.1 Å². The van der Waals surface area contributed by atoms with Crippen LogP contribution in [-0.2, 0) is 68.5 Å². The molecule has 43 heteroatoms. The first-order valence-corrected chi connectivity index (χ1v) is 47.1. The highest BCUT2D eigenvalue weighted by Crippen LogP contribution is 2.39. The molecule has 15 rings (SSSR count). The highest BCUT2D eigenvalue weighted by Gasteiger charge is 2.37. The second kappa shape index (κ2) is 40.0. The fourth-order valence-electron chi connectivity index (χ4n) is 13.9. The van der Waals surface area contributed by atoms with Crippen LogP contribution in [0.5, 0.6) is 0 Å². The number of nitrogens with zero attached hydrogens (tertiary/aromatic N) is 6. The van der Waals surface area contributed by atoms with E-state index in [4.69, 9.17) is 74.3 Å². The Bertz CT molecular complexity index is 5580. The zero-order chi connectivity index (χ0) is 86.7. The summed E-state index contributed by atoms with van der Waals surface area (Å²) in [5.74, 6) is -2.45. The van der Waals surface area contributed by atoms with Gasteiger partial charge in [0, 0.05) is 103 Å². The number of imide groups is 3. The molecule has 9 heterocycles. The van der Waals surface area contributed by atoms with Crippen LogP contribution in [0.3, 0.4) is 0 Å². The number of morpholine rings is 1. The highest BCUT2D eigenvalue weighted by atomic mass is 35.5. The summed E-state index contributed by atoms with van der Waals surface area (Å²) in [4.78, 5) is 126. The van der Waals surface area contributed by atoms with Crippen molar-refractivity contribution in [3.05, 3.63) is 207 Å². The van der Waals surface area contributed by atoms with Gasteiger partial charge < -0.3 is 46.4 Å². The summed E-state index contributed by atoms with van der Waals surface area (Å²) in [6, 6.07) is 34.4. The van der Waals surface area contributed by atoms with Gasteiger partial charge in [-0.15, -0.1) is 34.0 Å². The Labute approximate surface area is 743 Å². The first-order valence-electron chi connectivity index (χ1n) is 37.9. The lowest BCUT2D eigenvalue weighted by Gasteiger charge is -2.28. The molecule has 0 bridgehead atoms. The van der Waals surface area contributed by atoms with Crippen LogP contribution in [0.4, 0.5) is 65.6 Å². The second-order valence-electron chi connectivity index (χ2n) is 28.3. The lowest BCUT2D eigenvalue weighted by atomic mass is 9.97. The SMILES string of the molecule is O=C(Nc1ccc(N2C(=O)Cc3cc(NCCN4CCCC4)ccc3C2=O)cc1)NS(=O)(=O)c1cc(Cl)c(Cl)s1.O=C(Nc1ccc(N2C(=O)Cc3cc(NCCN4CCCCC4)ccc3C2=O)cc1)NS(=O)(=O)c1cc(Cl)c(Cl)s1.O=C(Nc1ccc(N2C(=O)Cc3cc(NCCN4CCOCC4)ccc3C2=O)cc1)NS(=O)(=O)c1cc(Cl)c(Cl)s1. The summed E-state index contributed by atoms with van der Waals surface area (Å²) in [7, 11) is -12.5. The fourth-order valence-corrected chi connectivity index (χ4v) is 22.3. The Balaban J connectivity index is 0.000000158. The molecule has 6 aromatic carbocycles. The molecule has 3 saturated heterocycles. The second-order valence-corrected chi connectivity index (χ2v) is 40.2. The standard InChI is InChI=1S/C27H27Cl2N5O5S2.C26H25Cl2N5O6S2.C26H25Cl2N5O5S2/c28-22-16-24(40-25(22)29)41(38,39)32-27(37)31-18-4-7-20(8-5-18)34-23(35)15-17-14-19(6-9-21(17)26(34)36)30-10-13-33-11-2-1-3-12-33;27-21-15-23(40-24(21)28)41(37,38)31-26(36)30-17-1-4-19(5-2-17)33-22(34)14-16-13-18(3-6-20(16)25(33)35)29-7-8-32-9-11-39-12-10-32;27-21-15-23(39-24(21)28)40(37,38)31-26(36)30-17-3-6-19(7-4-17)33-22(34)14-16-13-18(5-8-20(16)25(33)35)29-9-12-32-10-1-2-11-32/h4-9,14,16,30H,1-3,10-13,15H2,(H2,31,32,37);1-6,13,15,29H,7-12,14H2,(H2,30,31,36);3-8,13,15,29H,1-2,9-12,14H2,(H2,30,31,36). The van der Waals surface area contributed by atoms with E-state index in [1.54, 1.807) is 18.2 Å². The van der Waals surface area contributed by atoms with E-state index in [1.807, 2.05) is 50.6 Å². The van der Waals surface area contributed by atoms with Gasteiger partial charge in [-0.1, -0.05) is 76.0 Å². The molecule has 9 N–H and O–H groups in total. The molecule has 12 amide bonds. The van der Waals surface area contributed by atoms with E-state index >= 15 is 0 Å². The average molecular weight is 1900 g/mol. The van der Waals surface area contributed by atoms with E-state index in [2.05, 4.69) is 46.6 Å². The minimum absolute atomic E-state index is 0.0527. The molecule has 3 aromatic heterocycles. The number of nitrogens with one attached hydrogen (secondary N) is 9. The maximum atomic E-state index is 13.3.